The molecule has 2 heterocycles. The number of rotatable bonds is 4. The van der Waals surface area contributed by atoms with E-state index in [1.807, 2.05) is 18.2 Å². The standard InChI is InChI=1S/C36H24N4/c37-24-29-20-21-38-25-32(29)28-12-8-10-26(22-28)27-11-9-15-31(23-27)40-35-18-6-4-16-33(35)39(30-13-2-1-3-14-30)34-17-5-7-19-36(34)40/h1-23,25H. The highest BCUT2D eigenvalue weighted by atomic mass is 15.3. The molecule has 6 aromatic rings. The van der Waals surface area contributed by atoms with Crippen LogP contribution in [0.5, 0.6) is 0 Å². The summed E-state index contributed by atoms with van der Waals surface area (Å²) in [6, 6.07) is 48.6. The Hall–Kier alpha value is -5.66. The first-order chi connectivity index (χ1) is 19.8. The number of aromatic nitrogens is 1. The third-order valence-corrected chi connectivity index (χ3v) is 7.29. The van der Waals surface area contributed by atoms with Crippen molar-refractivity contribution in [2.45, 2.75) is 0 Å². The first-order valence-electron chi connectivity index (χ1n) is 13.2. The SMILES string of the molecule is N#Cc1ccncc1-c1cccc(-c2cccc(N3c4ccccc4N(c4ccccc4)c4ccccc43)c2)c1. The van der Waals surface area contributed by atoms with E-state index in [0.717, 1.165) is 56.4 Å². The van der Waals surface area contributed by atoms with Crippen molar-refractivity contribution in [2.75, 3.05) is 9.80 Å². The van der Waals surface area contributed by atoms with Crippen LogP contribution in [0.25, 0.3) is 22.3 Å². The average Bonchev–Trinajstić information content (AvgIpc) is 3.04. The molecule has 0 fully saturated rings. The maximum atomic E-state index is 9.61. The quantitative estimate of drug-likeness (QED) is 0.235. The molecule has 1 aliphatic heterocycles. The minimum absolute atomic E-state index is 0.616. The van der Waals surface area contributed by atoms with Gasteiger partial charge in [0.2, 0.25) is 0 Å². The molecule has 4 nitrogen and oxygen atoms in total. The number of nitrogens with zero attached hydrogens (tertiary/aromatic N) is 4. The fourth-order valence-electron chi connectivity index (χ4n) is 5.49. The van der Waals surface area contributed by atoms with Crippen molar-refractivity contribution >= 4 is 34.1 Å². The lowest BCUT2D eigenvalue weighted by Crippen LogP contribution is -2.23. The van der Waals surface area contributed by atoms with E-state index in [1.54, 1.807) is 18.5 Å². The maximum absolute atomic E-state index is 9.61. The zero-order chi connectivity index (χ0) is 26.9. The van der Waals surface area contributed by atoms with Crippen LogP contribution in [0.1, 0.15) is 5.56 Å². The van der Waals surface area contributed by atoms with Crippen LogP contribution >= 0.6 is 0 Å². The molecule has 0 saturated carbocycles. The molecule has 0 bridgehead atoms. The van der Waals surface area contributed by atoms with Gasteiger partial charge in [-0.3, -0.25) is 4.98 Å². The Morgan fingerprint density at radius 3 is 1.68 bits per heavy atom. The van der Waals surface area contributed by atoms with E-state index in [4.69, 9.17) is 0 Å². The van der Waals surface area contributed by atoms with Crippen LogP contribution in [-0.2, 0) is 0 Å². The van der Waals surface area contributed by atoms with Gasteiger partial charge < -0.3 is 9.80 Å². The third-order valence-electron chi connectivity index (χ3n) is 7.29. The van der Waals surface area contributed by atoms with Crippen LogP contribution in [-0.4, -0.2) is 4.98 Å². The molecule has 0 amide bonds. The van der Waals surface area contributed by atoms with E-state index in [9.17, 15) is 5.26 Å². The Bertz CT molecular complexity index is 1840. The van der Waals surface area contributed by atoms with Crippen molar-refractivity contribution in [2.24, 2.45) is 0 Å². The van der Waals surface area contributed by atoms with Gasteiger partial charge in [-0.25, -0.2) is 0 Å². The Balaban J connectivity index is 1.36. The predicted molar refractivity (Wildman–Crippen MR) is 163 cm³/mol. The van der Waals surface area contributed by atoms with Gasteiger partial charge in [-0.15, -0.1) is 0 Å². The molecule has 0 aliphatic carbocycles. The molecular weight excluding hydrogens is 488 g/mol. The second-order valence-corrected chi connectivity index (χ2v) is 9.65. The Morgan fingerprint density at radius 2 is 1.02 bits per heavy atom. The lowest BCUT2D eigenvalue weighted by Gasteiger charge is -2.40. The van der Waals surface area contributed by atoms with E-state index < -0.39 is 0 Å². The van der Waals surface area contributed by atoms with Crippen molar-refractivity contribution in [1.82, 2.24) is 4.98 Å². The van der Waals surface area contributed by atoms with E-state index in [1.165, 1.54) is 0 Å². The topological polar surface area (TPSA) is 43.2 Å². The third kappa shape index (κ3) is 3.98. The summed E-state index contributed by atoms with van der Waals surface area (Å²) in [5.41, 5.74) is 11.3. The lowest BCUT2D eigenvalue weighted by atomic mass is 9.97. The van der Waals surface area contributed by atoms with Crippen LogP contribution in [0.3, 0.4) is 0 Å². The van der Waals surface area contributed by atoms with Crippen LogP contribution < -0.4 is 9.80 Å². The minimum Gasteiger partial charge on any atom is -0.306 e. The van der Waals surface area contributed by atoms with E-state index in [2.05, 4.69) is 130 Å². The molecule has 40 heavy (non-hydrogen) atoms. The molecule has 188 valence electrons. The summed E-state index contributed by atoms with van der Waals surface area (Å²) in [5, 5.41) is 9.61. The van der Waals surface area contributed by atoms with Crippen LogP contribution in [0, 0.1) is 11.3 Å². The summed E-state index contributed by atoms with van der Waals surface area (Å²) in [6.07, 6.45) is 3.41. The summed E-state index contributed by atoms with van der Waals surface area (Å²) in [6.45, 7) is 0. The van der Waals surface area contributed by atoms with Gasteiger partial charge in [0.25, 0.3) is 0 Å². The monoisotopic (exact) mass is 512 g/mol. The highest BCUT2D eigenvalue weighted by Gasteiger charge is 2.30. The van der Waals surface area contributed by atoms with Gasteiger partial charge in [0.15, 0.2) is 0 Å². The molecule has 0 atom stereocenters. The van der Waals surface area contributed by atoms with Crippen molar-refractivity contribution in [3.05, 3.63) is 151 Å². The largest absolute Gasteiger partial charge is 0.306 e. The molecule has 7 rings (SSSR count). The number of para-hydroxylation sites is 5. The summed E-state index contributed by atoms with van der Waals surface area (Å²) in [5.74, 6) is 0. The fraction of sp³-hybridized carbons (Fsp3) is 0. The molecule has 0 N–H and O–H groups in total. The molecule has 1 aromatic heterocycles. The van der Waals surface area contributed by atoms with Crippen molar-refractivity contribution in [1.29, 1.82) is 5.26 Å². The summed E-state index contributed by atoms with van der Waals surface area (Å²) < 4.78 is 0. The zero-order valence-electron chi connectivity index (χ0n) is 21.6. The maximum Gasteiger partial charge on any atom is 0.0999 e. The van der Waals surface area contributed by atoms with Gasteiger partial charge >= 0.3 is 0 Å². The van der Waals surface area contributed by atoms with Crippen molar-refractivity contribution < 1.29 is 0 Å². The van der Waals surface area contributed by atoms with Crippen LogP contribution in [0.15, 0.2) is 146 Å². The molecule has 0 saturated heterocycles. The molecule has 5 aromatic carbocycles. The molecule has 1 aliphatic rings. The second-order valence-electron chi connectivity index (χ2n) is 9.65. The number of benzene rings is 5. The lowest BCUT2D eigenvalue weighted by molar-refractivity contribution is 1.17. The number of pyridine rings is 1. The average molecular weight is 513 g/mol. The normalized spacial score (nSPS) is 11.9. The summed E-state index contributed by atoms with van der Waals surface area (Å²) in [7, 11) is 0. The number of anilines is 6. The van der Waals surface area contributed by atoms with Gasteiger partial charge in [0, 0.05) is 29.3 Å². The number of fused-ring (bicyclic) bond motifs is 2. The van der Waals surface area contributed by atoms with Gasteiger partial charge in [0.05, 0.1) is 34.4 Å². The fourth-order valence-corrected chi connectivity index (χ4v) is 5.49. The Labute approximate surface area is 233 Å². The molecular formula is C36H24N4. The summed E-state index contributed by atoms with van der Waals surface area (Å²) in [4.78, 5) is 8.92. The minimum atomic E-state index is 0.616. The van der Waals surface area contributed by atoms with Gasteiger partial charge in [-0.05, 0) is 77.4 Å². The van der Waals surface area contributed by atoms with Gasteiger partial charge in [-0.1, -0.05) is 72.8 Å². The number of nitriles is 1. The molecule has 0 radical (unpaired) electrons. The van der Waals surface area contributed by atoms with E-state index in [-0.39, 0.29) is 0 Å². The summed E-state index contributed by atoms with van der Waals surface area (Å²) >= 11 is 0. The first-order valence-corrected chi connectivity index (χ1v) is 13.2. The van der Waals surface area contributed by atoms with Crippen molar-refractivity contribution in [3.63, 3.8) is 0 Å². The highest BCUT2D eigenvalue weighted by molar-refractivity contribution is 6.01. The van der Waals surface area contributed by atoms with Crippen LogP contribution in [0.2, 0.25) is 0 Å². The van der Waals surface area contributed by atoms with Gasteiger partial charge in [0.1, 0.15) is 0 Å². The van der Waals surface area contributed by atoms with E-state index in [0.29, 0.717) is 5.56 Å². The molecule has 4 heteroatoms. The van der Waals surface area contributed by atoms with Crippen LogP contribution in [0.4, 0.5) is 34.1 Å². The number of hydrogen-bond donors (Lipinski definition) is 0. The predicted octanol–water partition coefficient (Wildman–Crippen LogP) is 9.54. The molecule has 0 unspecified atom stereocenters. The van der Waals surface area contributed by atoms with Gasteiger partial charge in [-0.2, -0.15) is 5.26 Å². The zero-order valence-corrected chi connectivity index (χ0v) is 21.6. The second kappa shape index (κ2) is 9.90. The number of hydrogen-bond acceptors (Lipinski definition) is 4. The first kappa shape index (κ1) is 23.5. The van der Waals surface area contributed by atoms with E-state index >= 15 is 0 Å². The molecule has 0 spiro atoms. The van der Waals surface area contributed by atoms with Crippen molar-refractivity contribution in [3.8, 4) is 28.3 Å². The smallest absolute Gasteiger partial charge is 0.0999 e. The highest BCUT2D eigenvalue weighted by Crippen LogP contribution is 2.54. The Kier molecular flexibility index (Phi) is 5.81. The Morgan fingerprint density at radius 1 is 0.500 bits per heavy atom.